The van der Waals surface area contributed by atoms with E-state index in [0.717, 1.165) is 64.3 Å². The summed E-state index contributed by atoms with van der Waals surface area (Å²) in [5.74, 6) is 0. The van der Waals surface area contributed by atoms with Crippen LogP contribution in [0.2, 0.25) is 0 Å². The lowest BCUT2D eigenvalue weighted by atomic mass is 10.1. The Labute approximate surface area is 106 Å². The monoisotopic (exact) mass is 246 g/mol. The van der Waals surface area contributed by atoms with E-state index in [1.165, 1.54) is 6.42 Å². The third kappa shape index (κ3) is 25.7. The van der Waals surface area contributed by atoms with Gasteiger partial charge in [0.15, 0.2) is 0 Å². The van der Waals surface area contributed by atoms with Gasteiger partial charge in [-0.25, -0.2) is 0 Å². The van der Waals surface area contributed by atoms with Crippen LogP contribution in [0.5, 0.6) is 0 Å². The van der Waals surface area contributed by atoms with E-state index < -0.39 is 0 Å². The van der Waals surface area contributed by atoms with Crippen molar-refractivity contribution in [2.45, 2.75) is 57.8 Å². The zero-order valence-electron chi connectivity index (χ0n) is 11.1. The zero-order valence-corrected chi connectivity index (χ0v) is 11.1. The van der Waals surface area contributed by atoms with Crippen LogP contribution in [0.4, 0.5) is 0 Å². The summed E-state index contributed by atoms with van der Waals surface area (Å²) in [4.78, 5) is 9.81. The molecule has 0 saturated heterocycles. The third-order valence-electron chi connectivity index (χ3n) is 2.39. The number of aliphatic hydroxyl groups excluding tert-OH is 1. The quantitative estimate of drug-likeness (QED) is 0.381. The van der Waals surface area contributed by atoms with Crippen LogP contribution >= 0.6 is 0 Å². The van der Waals surface area contributed by atoms with E-state index in [-0.39, 0.29) is 0 Å². The Balaban J connectivity index is 0. The molecule has 0 atom stereocenters. The van der Waals surface area contributed by atoms with Gasteiger partial charge in [0.1, 0.15) is 6.29 Å². The smallest absolute Gasteiger partial charge is 0.119 e. The minimum atomic E-state index is 0.324. The second kappa shape index (κ2) is 20.9. The van der Waals surface area contributed by atoms with Crippen LogP contribution in [0.3, 0.4) is 0 Å². The number of aldehydes is 1. The fourth-order valence-electron chi connectivity index (χ4n) is 1.34. The molecule has 0 spiro atoms. The molecule has 0 saturated carbocycles. The normalized spacial score (nSPS) is 9.59. The second-order valence-corrected chi connectivity index (χ2v) is 4.08. The van der Waals surface area contributed by atoms with Gasteiger partial charge in [0.2, 0.25) is 0 Å². The molecule has 104 valence electrons. The summed E-state index contributed by atoms with van der Waals surface area (Å²) in [6.07, 6.45) is 10.4. The lowest BCUT2D eigenvalue weighted by Gasteiger charge is -1.93. The standard InChI is InChI=1S/C7H15NO.C6H15NO/c8-6-4-2-1-3-5-7-9;7-5-3-1-2-4-6-8/h7H,1-6,8H2;8H,1-7H2. The van der Waals surface area contributed by atoms with Crippen LogP contribution in [0.15, 0.2) is 0 Å². The van der Waals surface area contributed by atoms with E-state index >= 15 is 0 Å². The van der Waals surface area contributed by atoms with Crippen molar-refractivity contribution in [1.29, 1.82) is 0 Å². The Kier molecular flexibility index (Phi) is 23.2. The first-order chi connectivity index (χ1) is 8.33. The van der Waals surface area contributed by atoms with Gasteiger partial charge in [-0.15, -0.1) is 0 Å². The van der Waals surface area contributed by atoms with Crippen molar-refractivity contribution in [3.8, 4) is 0 Å². The van der Waals surface area contributed by atoms with E-state index in [1.54, 1.807) is 0 Å². The van der Waals surface area contributed by atoms with Gasteiger partial charge in [0.05, 0.1) is 0 Å². The highest BCUT2D eigenvalue weighted by molar-refractivity contribution is 5.48. The van der Waals surface area contributed by atoms with E-state index in [1.807, 2.05) is 0 Å². The molecule has 0 fully saturated rings. The molecule has 17 heavy (non-hydrogen) atoms. The molecule has 0 heterocycles. The summed E-state index contributed by atoms with van der Waals surface area (Å²) in [5, 5.41) is 8.33. The fraction of sp³-hybridized carbons (Fsp3) is 0.923. The molecule has 0 aliphatic heterocycles. The number of rotatable bonds is 11. The van der Waals surface area contributed by atoms with Crippen LogP contribution in [0.25, 0.3) is 0 Å². The topological polar surface area (TPSA) is 89.3 Å². The minimum Gasteiger partial charge on any atom is -0.396 e. The predicted molar refractivity (Wildman–Crippen MR) is 72.8 cm³/mol. The van der Waals surface area contributed by atoms with Crippen molar-refractivity contribution in [1.82, 2.24) is 0 Å². The largest absolute Gasteiger partial charge is 0.396 e. The van der Waals surface area contributed by atoms with E-state index in [2.05, 4.69) is 0 Å². The van der Waals surface area contributed by atoms with Crippen LogP contribution in [0.1, 0.15) is 57.8 Å². The van der Waals surface area contributed by atoms with Crippen molar-refractivity contribution in [2.24, 2.45) is 11.5 Å². The van der Waals surface area contributed by atoms with Crippen LogP contribution in [0, 0.1) is 0 Å². The average Bonchev–Trinajstić information content (AvgIpc) is 2.36. The Morgan fingerprint density at radius 2 is 1.24 bits per heavy atom. The molecular weight excluding hydrogens is 216 g/mol. The van der Waals surface area contributed by atoms with Gasteiger partial charge < -0.3 is 21.4 Å². The van der Waals surface area contributed by atoms with E-state index in [9.17, 15) is 4.79 Å². The molecule has 0 rings (SSSR count). The number of carbonyl (C=O) groups excluding carboxylic acids is 1. The van der Waals surface area contributed by atoms with Gasteiger partial charge >= 0.3 is 0 Å². The van der Waals surface area contributed by atoms with Crippen molar-refractivity contribution in [3.05, 3.63) is 0 Å². The molecule has 0 radical (unpaired) electrons. The molecule has 0 aromatic rings. The Morgan fingerprint density at radius 1 is 0.765 bits per heavy atom. The molecule has 0 unspecified atom stereocenters. The maximum Gasteiger partial charge on any atom is 0.119 e. The Morgan fingerprint density at radius 3 is 1.65 bits per heavy atom. The first kappa shape index (κ1) is 18.9. The van der Waals surface area contributed by atoms with E-state index in [4.69, 9.17) is 16.6 Å². The van der Waals surface area contributed by atoms with Gasteiger partial charge in [-0.1, -0.05) is 25.7 Å². The molecule has 4 nitrogen and oxygen atoms in total. The van der Waals surface area contributed by atoms with Crippen LogP contribution in [-0.2, 0) is 4.79 Å². The van der Waals surface area contributed by atoms with Crippen molar-refractivity contribution >= 4 is 6.29 Å². The molecule has 0 bridgehead atoms. The van der Waals surface area contributed by atoms with Gasteiger partial charge in [-0.05, 0) is 38.8 Å². The second-order valence-electron chi connectivity index (χ2n) is 4.08. The van der Waals surface area contributed by atoms with Gasteiger partial charge in [-0.3, -0.25) is 0 Å². The highest BCUT2D eigenvalue weighted by Crippen LogP contribution is 1.99. The highest BCUT2D eigenvalue weighted by Gasteiger charge is 1.86. The lowest BCUT2D eigenvalue weighted by Crippen LogP contribution is -1.97. The van der Waals surface area contributed by atoms with Gasteiger partial charge in [0.25, 0.3) is 0 Å². The maximum absolute atomic E-state index is 9.81. The molecule has 0 amide bonds. The summed E-state index contributed by atoms with van der Waals surface area (Å²) in [7, 11) is 0. The number of unbranched alkanes of at least 4 members (excludes halogenated alkanes) is 7. The molecule has 0 aromatic carbocycles. The highest BCUT2D eigenvalue weighted by atomic mass is 16.2. The van der Waals surface area contributed by atoms with Crippen molar-refractivity contribution in [3.63, 3.8) is 0 Å². The van der Waals surface area contributed by atoms with Gasteiger partial charge in [0, 0.05) is 13.0 Å². The zero-order chi connectivity index (χ0) is 13.2. The molecule has 4 heteroatoms. The summed E-state index contributed by atoms with van der Waals surface area (Å²) >= 11 is 0. The first-order valence-corrected chi connectivity index (χ1v) is 6.78. The first-order valence-electron chi connectivity index (χ1n) is 6.78. The fourth-order valence-corrected chi connectivity index (χ4v) is 1.34. The SMILES string of the molecule is NCCCCCCC=O.NCCCCCCO. The average molecular weight is 246 g/mol. The minimum absolute atomic E-state index is 0.324. The number of hydrogen-bond acceptors (Lipinski definition) is 4. The summed E-state index contributed by atoms with van der Waals surface area (Å²) < 4.78 is 0. The number of carbonyl (C=O) groups is 1. The van der Waals surface area contributed by atoms with E-state index in [0.29, 0.717) is 13.0 Å². The van der Waals surface area contributed by atoms with Crippen LogP contribution < -0.4 is 11.5 Å². The Bertz CT molecular complexity index is 127. The molecular formula is C13H30N2O2. The maximum atomic E-state index is 9.81. The molecule has 0 aliphatic carbocycles. The molecule has 0 aromatic heterocycles. The summed E-state index contributed by atoms with van der Waals surface area (Å²) in [5.41, 5.74) is 10.5. The third-order valence-corrected chi connectivity index (χ3v) is 2.39. The summed E-state index contributed by atoms with van der Waals surface area (Å²) in [6, 6.07) is 0. The Hall–Kier alpha value is -0.450. The predicted octanol–water partition coefficient (Wildman–Crippen LogP) is 1.59. The number of hydrogen-bond donors (Lipinski definition) is 3. The van der Waals surface area contributed by atoms with Crippen molar-refractivity contribution < 1.29 is 9.90 Å². The molecule has 0 aliphatic rings. The van der Waals surface area contributed by atoms with Gasteiger partial charge in [-0.2, -0.15) is 0 Å². The number of nitrogens with two attached hydrogens (primary N) is 2. The van der Waals surface area contributed by atoms with Crippen molar-refractivity contribution in [2.75, 3.05) is 19.7 Å². The molecule has 5 N–H and O–H groups in total. The lowest BCUT2D eigenvalue weighted by molar-refractivity contribution is -0.107. The van der Waals surface area contributed by atoms with Crippen LogP contribution in [-0.4, -0.2) is 31.1 Å². The summed E-state index contributed by atoms with van der Waals surface area (Å²) in [6.45, 7) is 1.89. The number of aliphatic hydroxyl groups is 1.